The highest BCUT2D eigenvalue weighted by Crippen LogP contribution is 2.44. The van der Waals surface area contributed by atoms with Crippen LogP contribution in [0.3, 0.4) is 0 Å². The second-order valence-electron chi connectivity index (χ2n) is 3.53. The molecule has 2 atom stereocenters. The van der Waals surface area contributed by atoms with Crippen molar-refractivity contribution in [3.05, 3.63) is 36.0 Å². The summed E-state index contributed by atoms with van der Waals surface area (Å²) in [6.45, 7) is 5.57. The van der Waals surface area contributed by atoms with E-state index in [1.54, 1.807) is 13.0 Å². The van der Waals surface area contributed by atoms with Crippen molar-refractivity contribution in [2.75, 3.05) is 0 Å². The normalized spacial score (nSPS) is 27.5. The van der Waals surface area contributed by atoms with Crippen molar-refractivity contribution in [3.63, 3.8) is 0 Å². The number of rotatable bonds is 2. The molecule has 0 aromatic heterocycles. The minimum absolute atomic E-state index is 0.113. The van der Waals surface area contributed by atoms with Crippen molar-refractivity contribution in [3.8, 4) is 0 Å². The Kier molecular flexibility index (Phi) is 3.87. The van der Waals surface area contributed by atoms with Crippen molar-refractivity contribution in [1.29, 1.82) is 0 Å². The number of fused-ring (bicyclic) bond motifs is 1. The second-order valence-corrected chi connectivity index (χ2v) is 3.53. The molecule has 0 radical (unpaired) electrons. The van der Waals surface area contributed by atoms with Gasteiger partial charge in [-0.2, -0.15) is 0 Å². The highest BCUT2D eigenvalue weighted by Gasteiger charge is 2.34. The van der Waals surface area contributed by atoms with Crippen LogP contribution in [0, 0.1) is 11.8 Å². The molecule has 0 saturated heterocycles. The van der Waals surface area contributed by atoms with Crippen LogP contribution in [0.1, 0.15) is 27.2 Å². The summed E-state index contributed by atoms with van der Waals surface area (Å²) >= 11 is 0. The van der Waals surface area contributed by atoms with Crippen LogP contribution < -0.4 is 0 Å². The van der Waals surface area contributed by atoms with Crippen LogP contribution in [0.2, 0.25) is 0 Å². The first-order valence-electron chi connectivity index (χ1n) is 5.34. The third-order valence-corrected chi connectivity index (χ3v) is 2.34. The van der Waals surface area contributed by atoms with E-state index < -0.39 is 0 Å². The number of hydrogen-bond acceptors (Lipinski definition) is 1. The SMILES string of the molecule is CC.CC(=O)/C=C/C1=CC2CC2C=C1. The maximum absolute atomic E-state index is 10.6. The Hall–Kier alpha value is -1.11. The molecule has 0 aliphatic heterocycles. The van der Waals surface area contributed by atoms with E-state index in [4.69, 9.17) is 0 Å². The number of carbonyl (C=O) groups is 1. The van der Waals surface area contributed by atoms with E-state index in [-0.39, 0.29) is 5.78 Å². The third-order valence-electron chi connectivity index (χ3n) is 2.34. The second kappa shape index (κ2) is 4.94. The summed E-state index contributed by atoms with van der Waals surface area (Å²) in [5.74, 6) is 1.68. The molecule has 14 heavy (non-hydrogen) atoms. The van der Waals surface area contributed by atoms with Crippen LogP contribution in [0.4, 0.5) is 0 Å². The molecule has 1 nitrogen and oxygen atoms in total. The molecule has 1 heteroatoms. The minimum atomic E-state index is 0.113. The molecule has 0 spiro atoms. The van der Waals surface area contributed by atoms with Gasteiger partial charge in [-0.05, 0) is 36.8 Å². The van der Waals surface area contributed by atoms with Crippen LogP contribution in [-0.4, -0.2) is 5.78 Å². The zero-order valence-corrected chi connectivity index (χ0v) is 9.16. The van der Waals surface area contributed by atoms with Gasteiger partial charge in [-0.15, -0.1) is 0 Å². The average Bonchev–Trinajstić information content (AvgIpc) is 2.95. The van der Waals surface area contributed by atoms with Gasteiger partial charge in [-0.1, -0.05) is 38.2 Å². The van der Waals surface area contributed by atoms with Gasteiger partial charge in [0.15, 0.2) is 5.78 Å². The fraction of sp³-hybridized carbons (Fsp3) is 0.462. The summed E-state index contributed by atoms with van der Waals surface area (Å²) in [6.07, 6.45) is 11.4. The Morgan fingerprint density at radius 2 is 2.14 bits per heavy atom. The molecule has 0 bridgehead atoms. The Bertz CT molecular complexity index is 294. The zero-order valence-electron chi connectivity index (χ0n) is 9.16. The fourth-order valence-corrected chi connectivity index (χ4v) is 1.51. The largest absolute Gasteiger partial charge is 0.295 e. The number of allylic oxidation sites excluding steroid dienone is 6. The topological polar surface area (TPSA) is 17.1 Å². The van der Waals surface area contributed by atoms with E-state index in [0.717, 1.165) is 11.8 Å². The van der Waals surface area contributed by atoms with Gasteiger partial charge in [-0.25, -0.2) is 0 Å². The van der Waals surface area contributed by atoms with E-state index in [0.29, 0.717) is 0 Å². The lowest BCUT2D eigenvalue weighted by molar-refractivity contribution is -0.112. The third kappa shape index (κ3) is 2.99. The van der Waals surface area contributed by atoms with Gasteiger partial charge in [-0.3, -0.25) is 4.79 Å². The monoisotopic (exact) mass is 190 g/mol. The maximum Gasteiger partial charge on any atom is 0.152 e. The maximum atomic E-state index is 10.6. The van der Waals surface area contributed by atoms with E-state index >= 15 is 0 Å². The number of carbonyl (C=O) groups excluding carboxylic acids is 1. The van der Waals surface area contributed by atoms with Gasteiger partial charge in [0.1, 0.15) is 0 Å². The molecule has 1 fully saturated rings. The van der Waals surface area contributed by atoms with Gasteiger partial charge in [0.25, 0.3) is 0 Å². The van der Waals surface area contributed by atoms with Crippen LogP contribution in [0.15, 0.2) is 36.0 Å². The molecule has 2 aliphatic rings. The predicted octanol–water partition coefficient (Wildman–Crippen LogP) is 3.29. The van der Waals surface area contributed by atoms with Crippen molar-refractivity contribution >= 4 is 5.78 Å². The van der Waals surface area contributed by atoms with Crippen molar-refractivity contribution in [2.45, 2.75) is 27.2 Å². The van der Waals surface area contributed by atoms with Gasteiger partial charge in [0.05, 0.1) is 0 Å². The quantitative estimate of drug-likeness (QED) is 0.611. The molecule has 0 aromatic carbocycles. The Morgan fingerprint density at radius 3 is 2.71 bits per heavy atom. The first kappa shape index (κ1) is 11.0. The lowest BCUT2D eigenvalue weighted by Gasteiger charge is -1.98. The lowest BCUT2D eigenvalue weighted by Crippen LogP contribution is -1.86. The molecular weight excluding hydrogens is 172 g/mol. The summed E-state index contributed by atoms with van der Waals surface area (Å²) in [7, 11) is 0. The summed E-state index contributed by atoms with van der Waals surface area (Å²) in [4.78, 5) is 10.6. The van der Waals surface area contributed by atoms with Gasteiger partial charge in [0, 0.05) is 0 Å². The number of ketones is 1. The molecule has 76 valence electrons. The Balaban J connectivity index is 0.000000461. The van der Waals surface area contributed by atoms with Gasteiger partial charge in [0.2, 0.25) is 0 Å². The van der Waals surface area contributed by atoms with Crippen molar-refractivity contribution in [2.24, 2.45) is 11.8 Å². The highest BCUT2D eigenvalue weighted by atomic mass is 16.1. The zero-order chi connectivity index (χ0) is 10.6. The number of hydrogen-bond donors (Lipinski definition) is 0. The molecule has 0 aromatic rings. The van der Waals surface area contributed by atoms with E-state index in [2.05, 4.69) is 18.2 Å². The summed E-state index contributed by atoms with van der Waals surface area (Å²) in [6, 6.07) is 0. The predicted molar refractivity (Wildman–Crippen MR) is 60.0 cm³/mol. The molecule has 0 amide bonds. The van der Waals surface area contributed by atoms with Gasteiger partial charge >= 0.3 is 0 Å². The van der Waals surface area contributed by atoms with E-state index in [1.807, 2.05) is 19.9 Å². The first-order valence-corrected chi connectivity index (χ1v) is 5.34. The molecule has 2 rings (SSSR count). The van der Waals surface area contributed by atoms with Crippen LogP contribution in [0.5, 0.6) is 0 Å². The van der Waals surface area contributed by atoms with E-state index in [9.17, 15) is 4.79 Å². The van der Waals surface area contributed by atoms with E-state index in [1.165, 1.54) is 12.0 Å². The first-order chi connectivity index (χ1) is 6.75. The highest BCUT2D eigenvalue weighted by molar-refractivity contribution is 5.87. The van der Waals surface area contributed by atoms with Crippen LogP contribution >= 0.6 is 0 Å². The standard InChI is InChI=1S/C11H12O.C2H6/c1-8(12)2-3-9-4-5-10-7-11(10)6-9;1-2/h2-6,10-11H,7H2,1H3;1-2H3/b3-2+;. The van der Waals surface area contributed by atoms with Crippen molar-refractivity contribution in [1.82, 2.24) is 0 Å². The Labute approximate surface area is 86.2 Å². The van der Waals surface area contributed by atoms with Crippen LogP contribution in [-0.2, 0) is 4.79 Å². The lowest BCUT2D eigenvalue weighted by atomic mass is 10.1. The van der Waals surface area contributed by atoms with Crippen molar-refractivity contribution < 1.29 is 4.79 Å². The minimum Gasteiger partial charge on any atom is -0.295 e. The van der Waals surface area contributed by atoms with Gasteiger partial charge < -0.3 is 0 Å². The summed E-state index contributed by atoms with van der Waals surface area (Å²) in [5.41, 5.74) is 1.18. The smallest absolute Gasteiger partial charge is 0.152 e. The molecule has 2 aliphatic carbocycles. The summed E-state index contributed by atoms with van der Waals surface area (Å²) < 4.78 is 0. The summed E-state index contributed by atoms with van der Waals surface area (Å²) in [5, 5.41) is 0. The molecule has 0 heterocycles. The fourth-order valence-electron chi connectivity index (χ4n) is 1.51. The molecule has 1 saturated carbocycles. The molecule has 0 N–H and O–H groups in total. The molecule has 2 unspecified atom stereocenters. The molecular formula is C13H18O. The van der Waals surface area contributed by atoms with Crippen LogP contribution in [0.25, 0.3) is 0 Å². The Morgan fingerprint density at radius 1 is 1.43 bits per heavy atom. The average molecular weight is 190 g/mol.